The van der Waals surface area contributed by atoms with E-state index in [2.05, 4.69) is 28.9 Å². The molecule has 0 saturated carbocycles. The number of benzene rings is 1. The summed E-state index contributed by atoms with van der Waals surface area (Å²) >= 11 is 1.87. The normalized spacial score (nSPS) is 22.3. The topological polar surface area (TPSA) is 53.2 Å². The third-order valence-corrected chi connectivity index (χ3v) is 4.92. The highest BCUT2D eigenvalue weighted by molar-refractivity contribution is 8.00. The molecule has 0 fully saturated rings. The van der Waals surface area contributed by atoms with Gasteiger partial charge in [0.15, 0.2) is 0 Å². The molecule has 1 amide bonds. The number of hydrogen-bond donors (Lipinski definition) is 3. The number of fused-ring (bicyclic) bond motifs is 2. The molecule has 0 saturated heterocycles. The number of amides is 1. The highest BCUT2D eigenvalue weighted by atomic mass is 32.2. The molecule has 0 spiro atoms. The van der Waals surface area contributed by atoms with Crippen LogP contribution in [0.1, 0.15) is 32.8 Å². The van der Waals surface area contributed by atoms with Crippen molar-refractivity contribution in [3.05, 3.63) is 17.7 Å². The van der Waals surface area contributed by atoms with Crippen molar-refractivity contribution in [3.8, 4) is 0 Å². The number of thioether (sulfide) groups is 1. The Labute approximate surface area is 117 Å². The SMILES string of the molecule is CCCSC1Nc2cc3c(cc2N1)C(C)(C)C(=O)N3. The first-order valence-corrected chi connectivity index (χ1v) is 7.72. The third-order valence-electron chi connectivity index (χ3n) is 3.71. The van der Waals surface area contributed by atoms with Gasteiger partial charge in [-0.2, -0.15) is 0 Å². The average molecular weight is 277 g/mol. The lowest BCUT2D eigenvalue weighted by Gasteiger charge is -2.15. The molecule has 0 aromatic heterocycles. The Balaban J connectivity index is 1.88. The minimum absolute atomic E-state index is 0.0723. The molecule has 2 aliphatic rings. The molecule has 0 aliphatic carbocycles. The first-order valence-electron chi connectivity index (χ1n) is 6.67. The number of rotatable bonds is 3. The van der Waals surface area contributed by atoms with E-state index in [0.717, 1.165) is 28.4 Å². The fraction of sp³-hybridized carbons (Fsp3) is 0.500. The van der Waals surface area contributed by atoms with Crippen LogP contribution in [0.15, 0.2) is 12.1 Å². The van der Waals surface area contributed by atoms with Crippen LogP contribution in [-0.2, 0) is 10.2 Å². The van der Waals surface area contributed by atoms with Crippen LogP contribution in [0.5, 0.6) is 0 Å². The van der Waals surface area contributed by atoms with E-state index in [4.69, 9.17) is 0 Å². The van der Waals surface area contributed by atoms with Crippen molar-refractivity contribution >= 4 is 34.7 Å². The predicted molar refractivity (Wildman–Crippen MR) is 81.9 cm³/mol. The highest BCUT2D eigenvalue weighted by Gasteiger charge is 2.39. The van der Waals surface area contributed by atoms with Gasteiger partial charge in [0.2, 0.25) is 5.91 Å². The van der Waals surface area contributed by atoms with Crippen molar-refractivity contribution in [2.75, 3.05) is 21.7 Å². The molecule has 102 valence electrons. The molecule has 2 heterocycles. The van der Waals surface area contributed by atoms with E-state index >= 15 is 0 Å². The minimum Gasteiger partial charge on any atom is -0.355 e. The van der Waals surface area contributed by atoms with E-state index in [9.17, 15) is 4.79 Å². The van der Waals surface area contributed by atoms with Gasteiger partial charge >= 0.3 is 0 Å². The standard InChI is InChI=1S/C14H19N3OS/c1-4-5-19-13-16-10-6-8-9(7-11(10)17-13)15-12(18)14(8,2)3/h6-7,13,16-17H,4-5H2,1-3H3,(H,15,18). The van der Waals surface area contributed by atoms with Gasteiger partial charge in [-0.15, -0.1) is 11.8 Å². The van der Waals surface area contributed by atoms with Crippen LogP contribution in [0.4, 0.5) is 17.1 Å². The van der Waals surface area contributed by atoms with Gasteiger partial charge in [0.05, 0.1) is 16.8 Å². The fourth-order valence-corrected chi connectivity index (χ4v) is 3.39. The molecular formula is C14H19N3OS. The number of anilines is 3. The van der Waals surface area contributed by atoms with Gasteiger partial charge in [0.25, 0.3) is 0 Å². The number of nitrogens with one attached hydrogen (secondary N) is 3. The first kappa shape index (κ1) is 12.7. The Hall–Kier alpha value is -1.36. The summed E-state index contributed by atoms with van der Waals surface area (Å²) in [5.74, 6) is 1.20. The van der Waals surface area contributed by atoms with E-state index in [1.165, 1.54) is 6.42 Å². The molecule has 1 unspecified atom stereocenters. The lowest BCUT2D eigenvalue weighted by Crippen LogP contribution is -2.26. The molecular weight excluding hydrogens is 258 g/mol. The quantitative estimate of drug-likeness (QED) is 0.794. The van der Waals surface area contributed by atoms with Gasteiger partial charge in [0.1, 0.15) is 5.50 Å². The summed E-state index contributed by atoms with van der Waals surface area (Å²) in [6, 6.07) is 4.14. The fourth-order valence-electron chi connectivity index (χ4n) is 2.50. The maximum atomic E-state index is 11.9. The third kappa shape index (κ3) is 1.96. The lowest BCUT2D eigenvalue weighted by molar-refractivity contribution is -0.119. The Kier molecular flexibility index (Phi) is 2.89. The molecule has 19 heavy (non-hydrogen) atoms. The zero-order chi connectivity index (χ0) is 13.6. The molecule has 0 radical (unpaired) electrons. The van der Waals surface area contributed by atoms with Crippen LogP contribution in [-0.4, -0.2) is 17.2 Å². The maximum absolute atomic E-state index is 11.9. The second-order valence-corrected chi connectivity index (χ2v) is 6.77. The Morgan fingerprint density at radius 1 is 1.21 bits per heavy atom. The monoisotopic (exact) mass is 277 g/mol. The van der Waals surface area contributed by atoms with Crippen LogP contribution in [0, 0.1) is 0 Å². The van der Waals surface area contributed by atoms with E-state index in [-0.39, 0.29) is 11.4 Å². The summed E-state index contributed by atoms with van der Waals surface area (Å²) in [7, 11) is 0. The van der Waals surface area contributed by atoms with Crippen molar-refractivity contribution in [2.24, 2.45) is 0 Å². The average Bonchev–Trinajstić information content (AvgIpc) is 2.85. The predicted octanol–water partition coefficient (Wildman–Crippen LogP) is 3.18. The van der Waals surface area contributed by atoms with Crippen LogP contribution < -0.4 is 16.0 Å². The highest BCUT2D eigenvalue weighted by Crippen LogP contribution is 2.44. The molecule has 1 aromatic rings. The second-order valence-electron chi connectivity index (χ2n) is 5.56. The van der Waals surface area contributed by atoms with Gasteiger partial charge in [0, 0.05) is 5.69 Å². The Bertz CT molecular complexity index is 542. The summed E-state index contributed by atoms with van der Waals surface area (Å²) in [6.07, 6.45) is 1.17. The van der Waals surface area contributed by atoms with Crippen LogP contribution in [0.25, 0.3) is 0 Å². The van der Waals surface area contributed by atoms with E-state index in [1.54, 1.807) is 0 Å². The summed E-state index contributed by atoms with van der Waals surface area (Å²) < 4.78 is 0. The largest absolute Gasteiger partial charge is 0.355 e. The molecule has 5 heteroatoms. The molecule has 3 rings (SSSR count). The van der Waals surface area contributed by atoms with E-state index in [1.807, 2.05) is 31.7 Å². The van der Waals surface area contributed by atoms with Crippen LogP contribution in [0.2, 0.25) is 0 Å². The van der Waals surface area contributed by atoms with Crippen molar-refractivity contribution < 1.29 is 4.79 Å². The Morgan fingerprint density at radius 3 is 2.58 bits per heavy atom. The zero-order valence-electron chi connectivity index (χ0n) is 11.5. The molecule has 2 aliphatic heterocycles. The molecule has 0 bridgehead atoms. The van der Waals surface area contributed by atoms with Gasteiger partial charge < -0.3 is 16.0 Å². The van der Waals surface area contributed by atoms with Crippen molar-refractivity contribution in [3.63, 3.8) is 0 Å². The second kappa shape index (κ2) is 4.34. The van der Waals surface area contributed by atoms with Crippen molar-refractivity contribution in [2.45, 2.75) is 38.1 Å². The summed E-state index contributed by atoms with van der Waals surface area (Å²) in [5.41, 5.74) is 3.97. The number of carbonyl (C=O) groups is 1. The minimum atomic E-state index is -0.444. The van der Waals surface area contributed by atoms with Crippen molar-refractivity contribution in [1.29, 1.82) is 0 Å². The maximum Gasteiger partial charge on any atom is 0.234 e. The van der Waals surface area contributed by atoms with Crippen LogP contribution in [0.3, 0.4) is 0 Å². The molecule has 4 nitrogen and oxygen atoms in total. The molecule has 1 atom stereocenters. The smallest absolute Gasteiger partial charge is 0.234 e. The summed E-state index contributed by atoms with van der Waals surface area (Å²) in [5, 5.41) is 9.87. The van der Waals surface area contributed by atoms with E-state index in [0.29, 0.717) is 0 Å². The lowest BCUT2D eigenvalue weighted by atomic mass is 9.86. The van der Waals surface area contributed by atoms with Gasteiger partial charge in [-0.3, -0.25) is 4.79 Å². The number of carbonyl (C=O) groups excluding carboxylic acids is 1. The number of hydrogen-bond acceptors (Lipinski definition) is 4. The zero-order valence-corrected chi connectivity index (χ0v) is 12.3. The van der Waals surface area contributed by atoms with E-state index < -0.39 is 5.41 Å². The van der Waals surface area contributed by atoms with Gasteiger partial charge in [-0.1, -0.05) is 6.92 Å². The van der Waals surface area contributed by atoms with Crippen LogP contribution >= 0.6 is 11.8 Å². The Morgan fingerprint density at radius 2 is 1.89 bits per heavy atom. The first-order chi connectivity index (χ1) is 9.02. The summed E-state index contributed by atoms with van der Waals surface area (Å²) in [4.78, 5) is 11.9. The van der Waals surface area contributed by atoms with Crippen molar-refractivity contribution in [1.82, 2.24) is 0 Å². The van der Waals surface area contributed by atoms with Gasteiger partial charge in [-0.05, 0) is 43.7 Å². The molecule has 1 aromatic carbocycles. The summed E-state index contributed by atoms with van der Waals surface area (Å²) in [6.45, 7) is 6.11. The van der Waals surface area contributed by atoms with Gasteiger partial charge in [-0.25, -0.2) is 0 Å². The molecule has 3 N–H and O–H groups in total.